The van der Waals surface area contributed by atoms with Crippen molar-refractivity contribution in [1.29, 1.82) is 0 Å². The highest BCUT2D eigenvalue weighted by molar-refractivity contribution is 6.31. The molecule has 0 aliphatic carbocycles. The zero-order valence-corrected chi connectivity index (χ0v) is 13.1. The lowest BCUT2D eigenvalue weighted by Gasteiger charge is -2.29. The van der Waals surface area contributed by atoms with E-state index in [-0.39, 0.29) is 16.7 Å². The zero-order valence-electron chi connectivity index (χ0n) is 12.3. The van der Waals surface area contributed by atoms with Gasteiger partial charge in [-0.3, -0.25) is 10.1 Å². The van der Waals surface area contributed by atoms with Crippen LogP contribution in [0, 0.1) is 10.1 Å². The molecule has 21 heavy (non-hydrogen) atoms. The van der Waals surface area contributed by atoms with Crippen molar-refractivity contribution in [1.82, 2.24) is 10.2 Å². The third-order valence-corrected chi connectivity index (χ3v) is 4.25. The van der Waals surface area contributed by atoms with Gasteiger partial charge in [-0.1, -0.05) is 24.1 Å². The predicted molar refractivity (Wildman–Crippen MR) is 84.7 cm³/mol. The number of nitro groups is 1. The van der Waals surface area contributed by atoms with E-state index < -0.39 is 0 Å². The molecule has 0 saturated carbocycles. The van der Waals surface area contributed by atoms with E-state index in [1.807, 2.05) is 0 Å². The molecule has 1 N–H and O–H groups in total. The molecular weight excluding hydrogens is 290 g/mol. The van der Waals surface area contributed by atoms with Crippen LogP contribution in [0.5, 0.6) is 0 Å². The lowest BCUT2D eigenvalue weighted by Crippen LogP contribution is -2.41. The Morgan fingerprint density at radius 1 is 1.38 bits per heavy atom. The number of piperidine rings is 1. The summed E-state index contributed by atoms with van der Waals surface area (Å²) in [5.74, 6) is 0. The van der Waals surface area contributed by atoms with Crippen molar-refractivity contribution in [3.8, 4) is 0 Å². The molecule has 1 fully saturated rings. The number of hydrogen-bond acceptors (Lipinski definition) is 4. The molecule has 1 aliphatic heterocycles. The molecule has 6 heteroatoms. The summed E-state index contributed by atoms with van der Waals surface area (Å²) in [6.07, 6.45) is 3.86. The van der Waals surface area contributed by atoms with Crippen LogP contribution in [0.4, 0.5) is 5.69 Å². The summed E-state index contributed by atoms with van der Waals surface area (Å²) >= 11 is 6.09. The van der Waals surface area contributed by atoms with Crippen LogP contribution in [0.25, 0.3) is 0 Å². The predicted octanol–water partition coefficient (Wildman–Crippen LogP) is 3.21. The quantitative estimate of drug-likeness (QED) is 0.647. The first-order chi connectivity index (χ1) is 10.1. The number of likely N-dealkylation sites (tertiary alicyclic amines) is 1. The normalized spacial score (nSPS) is 17.6. The maximum atomic E-state index is 11.0. The maximum absolute atomic E-state index is 11.0. The fourth-order valence-corrected chi connectivity index (χ4v) is 3.00. The Labute approximate surface area is 130 Å². The van der Waals surface area contributed by atoms with Gasteiger partial charge >= 0.3 is 0 Å². The highest BCUT2D eigenvalue weighted by Crippen LogP contribution is 2.26. The third-order valence-electron chi connectivity index (χ3n) is 3.90. The number of nitro benzene ring substituents is 1. The first-order valence-corrected chi connectivity index (χ1v) is 7.83. The summed E-state index contributed by atoms with van der Waals surface area (Å²) in [6, 6.07) is 5.08. The first kappa shape index (κ1) is 16.2. The molecule has 1 aromatic rings. The van der Waals surface area contributed by atoms with E-state index in [1.165, 1.54) is 25.3 Å². The number of benzene rings is 1. The molecule has 0 radical (unpaired) electrons. The van der Waals surface area contributed by atoms with Crippen molar-refractivity contribution in [2.45, 2.75) is 38.8 Å². The van der Waals surface area contributed by atoms with Crippen LogP contribution in [-0.2, 0) is 6.54 Å². The minimum absolute atomic E-state index is 0.0835. The number of rotatable bonds is 6. The Morgan fingerprint density at radius 2 is 2.10 bits per heavy atom. The highest BCUT2D eigenvalue weighted by atomic mass is 35.5. The van der Waals surface area contributed by atoms with Crippen molar-refractivity contribution in [3.63, 3.8) is 0 Å². The Balaban J connectivity index is 1.91. The molecule has 0 spiro atoms. The molecule has 1 heterocycles. The Kier molecular flexibility index (Phi) is 5.96. The number of nitrogens with one attached hydrogen (secondary N) is 1. The van der Waals surface area contributed by atoms with Crippen molar-refractivity contribution in [2.24, 2.45) is 0 Å². The lowest BCUT2D eigenvalue weighted by atomic mass is 10.1. The molecule has 1 saturated heterocycles. The average molecular weight is 312 g/mol. The van der Waals surface area contributed by atoms with Gasteiger partial charge in [0.1, 0.15) is 0 Å². The van der Waals surface area contributed by atoms with Gasteiger partial charge < -0.3 is 10.2 Å². The summed E-state index contributed by atoms with van der Waals surface area (Å²) < 4.78 is 0. The van der Waals surface area contributed by atoms with E-state index in [9.17, 15) is 10.1 Å². The highest BCUT2D eigenvalue weighted by Gasteiger charge is 2.18. The van der Waals surface area contributed by atoms with Gasteiger partial charge in [0.05, 0.1) is 15.5 Å². The number of halogens is 1. The van der Waals surface area contributed by atoms with Crippen LogP contribution >= 0.6 is 11.6 Å². The second kappa shape index (κ2) is 7.73. The van der Waals surface area contributed by atoms with Gasteiger partial charge in [0.15, 0.2) is 0 Å². The minimum atomic E-state index is -0.377. The van der Waals surface area contributed by atoms with Gasteiger partial charge in [-0.15, -0.1) is 0 Å². The molecule has 2 rings (SSSR count). The molecular formula is C15H22ClN3O2. The van der Waals surface area contributed by atoms with Crippen LogP contribution in [0.1, 0.15) is 31.7 Å². The molecule has 1 atom stereocenters. The summed E-state index contributed by atoms with van der Waals surface area (Å²) in [4.78, 5) is 13.1. The fourth-order valence-electron chi connectivity index (χ4n) is 2.76. The van der Waals surface area contributed by atoms with Gasteiger partial charge in [0.25, 0.3) is 5.69 Å². The molecule has 0 bridgehead atoms. The second-order valence-corrected chi connectivity index (χ2v) is 6.05. The minimum Gasteiger partial charge on any atom is -0.309 e. The molecule has 1 unspecified atom stereocenters. The average Bonchev–Trinajstić information content (AvgIpc) is 2.46. The molecule has 116 valence electrons. The maximum Gasteiger partial charge on any atom is 0.275 e. The van der Waals surface area contributed by atoms with E-state index in [0.29, 0.717) is 17.1 Å². The van der Waals surface area contributed by atoms with Gasteiger partial charge in [-0.25, -0.2) is 0 Å². The van der Waals surface area contributed by atoms with Gasteiger partial charge in [0, 0.05) is 25.2 Å². The topological polar surface area (TPSA) is 58.4 Å². The zero-order chi connectivity index (χ0) is 15.2. The smallest absolute Gasteiger partial charge is 0.275 e. The Hall–Kier alpha value is -1.17. The number of nitrogens with zero attached hydrogens (tertiary/aromatic N) is 2. The molecule has 5 nitrogen and oxygen atoms in total. The van der Waals surface area contributed by atoms with Gasteiger partial charge in [-0.05, 0) is 38.9 Å². The van der Waals surface area contributed by atoms with Crippen LogP contribution in [-0.4, -0.2) is 35.5 Å². The van der Waals surface area contributed by atoms with E-state index in [4.69, 9.17) is 11.6 Å². The SMILES string of the molecule is CC(CN1CCCCC1)NCc1c(Cl)cccc1[N+](=O)[O-]. The molecule has 1 aromatic carbocycles. The monoisotopic (exact) mass is 311 g/mol. The van der Waals surface area contributed by atoms with Gasteiger partial charge in [-0.2, -0.15) is 0 Å². The van der Waals surface area contributed by atoms with Crippen molar-refractivity contribution < 1.29 is 4.92 Å². The second-order valence-electron chi connectivity index (χ2n) is 5.64. The largest absolute Gasteiger partial charge is 0.309 e. The summed E-state index contributed by atoms with van der Waals surface area (Å²) in [7, 11) is 0. The number of hydrogen-bond donors (Lipinski definition) is 1. The van der Waals surface area contributed by atoms with Crippen LogP contribution in [0.15, 0.2) is 18.2 Å². The first-order valence-electron chi connectivity index (χ1n) is 7.45. The molecule has 1 aliphatic rings. The van der Waals surface area contributed by atoms with E-state index >= 15 is 0 Å². The molecule has 0 aromatic heterocycles. The lowest BCUT2D eigenvalue weighted by molar-refractivity contribution is -0.385. The van der Waals surface area contributed by atoms with E-state index in [0.717, 1.165) is 19.6 Å². The van der Waals surface area contributed by atoms with E-state index in [2.05, 4.69) is 17.1 Å². The third kappa shape index (κ3) is 4.66. The summed E-state index contributed by atoms with van der Waals surface area (Å²) in [5, 5.41) is 14.8. The molecule has 0 amide bonds. The van der Waals surface area contributed by atoms with Crippen molar-refractivity contribution in [2.75, 3.05) is 19.6 Å². The standard InChI is InChI=1S/C15H22ClN3O2/c1-12(11-18-8-3-2-4-9-18)17-10-13-14(16)6-5-7-15(13)19(20)21/h5-7,12,17H,2-4,8-11H2,1H3. The fraction of sp³-hybridized carbons (Fsp3) is 0.600. The van der Waals surface area contributed by atoms with Crippen molar-refractivity contribution in [3.05, 3.63) is 38.9 Å². The Morgan fingerprint density at radius 3 is 2.76 bits per heavy atom. The van der Waals surface area contributed by atoms with Crippen LogP contribution < -0.4 is 5.32 Å². The Bertz CT molecular complexity index is 490. The van der Waals surface area contributed by atoms with Crippen LogP contribution in [0.2, 0.25) is 5.02 Å². The van der Waals surface area contributed by atoms with Crippen LogP contribution in [0.3, 0.4) is 0 Å². The summed E-state index contributed by atoms with van der Waals surface area (Å²) in [6.45, 7) is 5.80. The van der Waals surface area contributed by atoms with E-state index in [1.54, 1.807) is 12.1 Å². The summed E-state index contributed by atoms with van der Waals surface area (Å²) in [5.41, 5.74) is 0.648. The van der Waals surface area contributed by atoms with Crippen molar-refractivity contribution >= 4 is 17.3 Å². The van der Waals surface area contributed by atoms with Gasteiger partial charge in [0.2, 0.25) is 0 Å².